The number of H-pyrrole nitrogens is 1. The minimum Gasteiger partial charge on any atom is -0.450 e. The average Bonchev–Trinajstić information content (AvgIpc) is 2.72. The number of nitriles is 1. The number of hydrogen-bond donors (Lipinski definition) is 3. The molecule has 174 valence electrons. The average molecular weight is 495 g/mol. The molecule has 2 rings (SSSR count). The van der Waals surface area contributed by atoms with Crippen LogP contribution in [0.2, 0.25) is 10.0 Å². The van der Waals surface area contributed by atoms with Gasteiger partial charge < -0.3 is 9.47 Å². The van der Waals surface area contributed by atoms with Crippen LogP contribution in [0.15, 0.2) is 22.0 Å². The fraction of sp³-hybridized carbons (Fsp3) is 0.300. The molecule has 0 saturated heterocycles. The first-order chi connectivity index (χ1) is 15.6. The number of nitrogens with one attached hydrogen (secondary N) is 3. The molecule has 0 atom stereocenters. The predicted molar refractivity (Wildman–Crippen MR) is 122 cm³/mol. The van der Waals surface area contributed by atoms with Gasteiger partial charge in [-0.15, -0.1) is 5.10 Å². The van der Waals surface area contributed by atoms with Crippen LogP contribution in [0.4, 0.5) is 10.5 Å². The third kappa shape index (κ3) is 6.44. The highest BCUT2D eigenvalue weighted by molar-refractivity contribution is 6.47. The summed E-state index contributed by atoms with van der Waals surface area (Å²) >= 11 is 12.6. The number of alkyl carbamates (subject to hydrolysis) is 1. The first kappa shape index (κ1) is 25.6. The standard InChI is InChI=1S/C20H20Cl2N6O5/c1-5-32-20(31)24-17(29)14(8-23)26-25-11-6-12(21)16(13(22)7-11)33-19-10(4)15(9(2)3)18(30)27-28-19/h6-7,9,25H,5H2,1-4H3,(H,27,30)(H,24,29,31). The van der Waals surface area contributed by atoms with E-state index in [9.17, 15) is 14.4 Å². The van der Waals surface area contributed by atoms with E-state index in [1.54, 1.807) is 19.9 Å². The molecule has 0 bridgehead atoms. The Kier molecular flexibility index (Phi) is 8.78. The monoisotopic (exact) mass is 494 g/mol. The van der Waals surface area contributed by atoms with Crippen molar-refractivity contribution in [2.75, 3.05) is 12.0 Å². The van der Waals surface area contributed by atoms with Crippen molar-refractivity contribution in [3.05, 3.63) is 43.7 Å². The van der Waals surface area contributed by atoms with Crippen molar-refractivity contribution in [3.8, 4) is 17.7 Å². The molecule has 0 radical (unpaired) electrons. The predicted octanol–water partition coefficient (Wildman–Crippen LogP) is 3.87. The van der Waals surface area contributed by atoms with Crippen LogP contribution in [0.1, 0.15) is 37.8 Å². The number of aromatic nitrogens is 2. The Bertz CT molecular complexity index is 1180. The van der Waals surface area contributed by atoms with Gasteiger partial charge in [-0.2, -0.15) is 10.4 Å². The van der Waals surface area contributed by atoms with Crippen LogP contribution in [0.5, 0.6) is 11.6 Å². The topological polar surface area (TPSA) is 159 Å². The maximum Gasteiger partial charge on any atom is 0.414 e. The number of imide groups is 1. The first-order valence-corrected chi connectivity index (χ1v) is 10.3. The van der Waals surface area contributed by atoms with Crippen LogP contribution >= 0.6 is 23.2 Å². The fourth-order valence-electron chi connectivity index (χ4n) is 2.71. The zero-order valence-corrected chi connectivity index (χ0v) is 19.6. The van der Waals surface area contributed by atoms with E-state index in [1.165, 1.54) is 12.1 Å². The summed E-state index contributed by atoms with van der Waals surface area (Å²) in [5.41, 5.74) is 2.80. The highest BCUT2D eigenvalue weighted by atomic mass is 35.5. The van der Waals surface area contributed by atoms with Gasteiger partial charge in [-0.25, -0.2) is 9.89 Å². The summed E-state index contributed by atoms with van der Waals surface area (Å²) < 4.78 is 10.3. The zero-order valence-electron chi connectivity index (χ0n) is 18.1. The number of nitrogens with zero attached hydrogens (tertiary/aromatic N) is 3. The maximum absolute atomic E-state index is 12.0. The number of amides is 2. The van der Waals surface area contributed by atoms with E-state index in [0.29, 0.717) is 11.1 Å². The number of anilines is 1. The van der Waals surface area contributed by atoms with Gasteiger partial charge in [0.2, 0.25) is 11.6 Å². The lowest BCUT2D eigenvalue weighted by molar-refractivity contribution is -0.114. The first-order valence-electron chi connectivity index (χ1n) is 9.56. The van der Waals surface area contributed by atoms with Gasteiger partial charge in [-0.1, -0.05) is 37.0 Å². The minimum atomic E-state index is -1.05. The highest BCUT2D eigenvalue weighted by Crippen LogP contribution is 2.39. The van der Waals surface area contributed by atoms with Crippen molar-refractivity contribution < 1.29 is 19.1 Å². The van der Waals surface area contributed by atoms with Gasteiger partial charge in [0.25, 0.3) is 11.5 Å². The smallest absolute Gasteiger partial charge is 0.414 e. The van der Waals surface area contributed by atoms with Gasteiger partial charge in [-0.3, -0.25) is 20.3 Å². The molecule has 2 aromatic rings. The summed E-state index contributed by atoms with van der Waals surface area (Å²) in [5, 5.41) is 21.0. The Morgan fingerprint density at radius 2 is 1.94 bits per heavy atom. The minimum absolute atomic E-state index is 0.0503. The van der Waals surface area contributed by atoms with Gasteiger partial charge in [0.15, 0.2) is 5.75 Å². The molecule has 33 heavy (non-hydrogen) atoms. The fourth-order valence-corrected chi connectivity index (χ4v) is 3.27. The van der Waals surface area contributed by atoms with Crippen molar-refractivity contribution in [1.82, 2.24) is 15.5 Å². The molecule has 2 amide bonds. The number of aromatic amines is 1. The Morgan fingerprint density at radius 1 is 1.30 bits per heavy atom. The van der Waals surface area contributed by atoms with Crippen molar-refractivity contribution in [3.63, 3.8) is 0 Å². The van der Waals surface area contributed by atoms with E-state index < -0.39 is 17.7 Å². The van der Waals surface area contributed by atoms with Crippen LogP contribution in [0.25, 0.3) is 0 Å². The van der Waals surface area contributed by atoms with Gasteiger partial charge in [0.05, 0.1) is 22.3 Å². The van der Waals surface area contributed by atoms with Crippen LogP contribution in [0.3, 0.4) is 0 Å². The maximum atomic E-state index is 12.0. The molecule has 3 N–H and O–H groups in total. The quantitative estimate of drug-likeness (QED) is 0.386. The lowest BCUT2D eigenvalue weighted by Gasteiger charge is -2.14. The number of carbonyl (C=O) groups is 2. The van der Waals surface area contributed by atoms with Gasteiger partial charge >= 0.3 is 6.09 Å². The van der Waals surface area contributed by atoms with E-state index in [4.69, 9.17) is 33.2 Å². The lowest BCUT2D eigenvalue weighted by Crippen LogP contribution is -2.36. The molecule has 0 aliphatic heterocycles. The van der Waals surface area contributed by atoms with Crippen molar-refractivity contribution >= 4 is 46.6 Å². The number of benzene rings is 1. The number of rotatable bonds is 7. The normalized spacial score (nSPS) is 11.0. The Hall–Kier alpha value is -3.62. The molecular weight excluding hydrogens is 475 g/mol. The molecular formula is C20H20Cl2N6O5. The van der Waals surface area contributed by atoms with Crippen molar-refractivity contribution in [2.45, 2.75) is 33.6 Å². The summed E-state index contributed by atoms with van der Waals surface area (Å²) in [6.07, 6.45) is -1.01. The summed E-state index contributed by atoms with van der Waals surface area (Å²) in [7, 11) is 0. The molecule has 0 aliphatic rings. The summed E-state index contributed by atoms with van der Waals surface area (Å²) in [6.45, 7) is 7.04. The third-order valence-electron chi connectivity index (χ3n) is 4.11. The molecule has 1 heterocycles. The molecule has 13 heteroatoms. The van der Waals surface area contributed by atoms with Crippen LogP contribution in [-0.2, 0) is 9.53 Å². The van der Waals surface area contributed by atoms with Crippen molar-refractivity contribution in [2.24, 2.45) is 5.10 Å². The molecule has 0 saturated carbocycles. The van der Waals surface area contributed by atoms with E-state index in [0.717, 1.165) is 0 Å². The van der Waals surface area contributed by atoms with E-state index in [-0.39, 0.29) is 45.4 Å². The van der Waals surface area contributed by atoms with E-state index >= 15 is 0 Å². The largest absolute Gasteiger partial charge is 0.450 e. The molecule has 0 unspecified atom stereocenters. The summed E-state index contributed by atoms with van der Waals surface area (Å²) in [5.74, 6) is -0.917. The summed E-state index contributed by atoms with van der Waals surface area (Å²) in [6, 6.07) is 4.33. The van der Waals surface area contributed by atoms with Crippen LogP contribution < -0.4 is 21.0 Å². The van der Waals surface area contributed by atoms with Crippen LogP contribution in [-0.4, -0.2) is 34.5 Å². The molecule has 0 spiro atoms. The van der Waals surface area contributed by atoms with Gasteiger partial charge in [-0.05, 0) is 31.9 Å². The van der Waals surface area contributed by atoms with Crippen molar-refractivity contribution in [1.29, 1.82) is 5.26 Å². The van der Waals surface area contributed by atoms with E-state index in [2.05, 4.69) is 25.5 Å². The molecule has 1 aromatic heterocycles. The second-order valence-electron chi connectivity index (χ2n) is 6.78. The second kappa shape index (κ2) is 11.3. The van der Waals surface area contributed by atoms with Crippen LogP contribution in [0, 0.1) is 18.3 Å². The van der Waals surface area contributed by atoms with Gasteiger partial charge in [0, 0.05) is 11.1 Å². The molecule has 11 nitrogen and oxygen atoms in total. The number of hydrogen-bond acceptors (Lipinski definition) is 9. The molecule has 0 fully saturated rings. The number of halogens is 2. The number of carbonyl (C=O) groups excluding carboxylic acids is 2. The second-order valence-corrected chi connectivity index (χ2v) is 7.60. The van der Waals surface area contributed by atoms with E-state index in [1.807, 2.05) is 19.2 Å². The molecule has 1 aromatic carbocycles. The highest BCUT2D eigenvalue weighted by Gasteiger charge is 2.19. The Balaban J connectivity index is 2.26. The zero-order chi connectivity index (χ0) is 24.7. The third-order valence-corrected chi connectivity index (χ3v) is 4.67. The summed E-state index contributed by atoms with van der Waals surface area (Å²) in [4.78, 5) is 35.2. The SMILES string of the molecule is CCOC(=O)NC(=O)C(C#N)=NNc1cc(Cl)c(Oc2n[nH]c(=O)c(C(C)C)c2C)c(Cl)c1. The number of hydrazone groups is 1. The number of ether oxygens (including phenoxy) is 2. The lowest BCUT2D eigenvalue weighted by atomic mass is 10.0. The Morgan fingerprint density at radius 3 is 2.48 bits per heavy atom. The molecule has 0 aliphatic carbocycles. The Labute approximate surface area is 198 Å². The van der Waals surface area contributed by atoms with Gasteiger partial charge in [0.1, 0.15) is 6.07 Å².